The Morgan fingerprint density at radius 2 is 2.15 bits per heavy atom. The van der Waals surface area contributed by atoms with E-state index >= 15 is 0 Å². The quantitative estimate of drug-likeness (QED) is 0.736. The molecule has 5 nitrogen and oxygen atoms in total. The molecule has 0 aliphatic heterocycles. The highest BCUT2D eigenvalue weighted by atomic mass is 35.5. The number of hydrogen-bond acceptors (Lipinski definition) is 4. The van der Waals surface area contributed by atoms with Gasteiger partial charge in [0, 0.05) is 6.07 Å². The topological polar surface area (TPSA) is 63.8 Å². The molecule has 0 aromatic carbocycles. The maximum atomic E-state index is 9.09. The predicted octanol–water partition coefficient (Wildman–Crippen LogP) is 0.790. The van der Waals surface area contributed by atoms with Gasteiger partial charge in [0.25, 0.3) is 0 Å². The van der Waals surface area contributed by atoms with E-state index in [0.29, 0.717) is 5.69 Å². The first-order valence-electron chi connectivity index (χ1n) is 3.37. The molecule has 1 N–H and O–H groups in total. The molecule has 2 aromatic rings. The summed E-state index contributed by atoms with van der Waals surface area (Å²) in [6, 6.07) is 1.56. The van der Waals surface area contributed by atoms with Crippen LogP contribution in [0.4, 0.5) is 0 Å². The molecule has 0 unspecified atom stereocenters. The third kappa shape index (κ3) is 1.94. The Labute approximate surface area is 80.5 Å². The van der Waals surface area contributed by atoms with Crippen LogP contribution in [0, 0.1) is 0 Å². The van der Waals surface area contributed by atoms with Crippen LogP contribution in [0.25, 0.3) is 5.69 Å². The van der Waals surface area contributed by atoms with Crippen molar-refractivity contribution in [1.29, 1.82) is 0 Å². The lowest BCUT2D eigenvalue weighted by atomic mass is 10.4. The molecule has 0 saturated heterocycles. The van der Waals surface area contributed by atoms with Crippen molar-refractivity contribution in [2.24, 2.45) is 0 Å². The van der Waals surface area contributed by atoms with E-state index in [-0.39, 0.29) is 18.2 Å². The smallest absolute Gasteiger partial charge is 0.136 e. The second-order valence-electron chi connectivity index (χ2n) is 2.25. The van der Waals surface area contributed by atoms with Gasteiger partial charge in [-0.3, -0.25) is 4.98 Å². The van der Waals surface area contributed by atoms with Crippen molar-refractivity contribution in [3.8, 4) is 11.4 Å². The van der Waals surface area contributed by atoms with Crippen LogP contribution >= 0.6 is 12.4 Å². The summed E-state index contributed by atoms with van der Waals surface area (Å²) in [5.41, 5.74) is 0.688. The fourth-order valence-electron chi connectivity index (χ4n) is 0.887. The average molecular weight is 199 g/mol. The molecule has 2 aromatic heterocycles. The number of aromatic nitrogens is 4. The van der Waals surface area contributed by atoms with E-state index in [1.54, 1.807) is 24.7 Å². The van der Waals surface area contributed by atoms with Crippen LogP contribution in [-0.2, 0) is 0 Å². The number of hydrogen-bond donors (Lipinski definition) is 1. The zero-order valence-corrected chi connectivity index (χ0v) is 7.35. The van der Waals surface area contributed by atoms with Crippen molar-refractivity contribution in [2.75, 3.05) is 0 Å². The van der Waals surface area contributed by atoms with E-state index in [0.717, 1.165) is 0 Å². The molecule has 0 fully saturated rings. The Morgan fingerprint density at radius 3 is 2.77 bits per heavy atom. The maximum Gasteiger partial charge on any atom is 0.136 e. The van der Waals surface area contributed by atoms with E-state index in [1.165, 1.54) is 10.9 Å². The molecular weight excluding hydrogens is 192 g/mol. The lowest BCUT2D eigenvalue weighted by molar-refractivity contribution is 0.472. The first-order valence-corrected chi connectivity index (χ1v) is 3.37. The molecule has 6 heteroatoms. The fraction of sp³-hybridized carbons (Fsp3) is 0. The minimum Gasteiger partial charge on any atom is -0.506 e. The van der Waals surface area contributed by atoms with Gasteiger partial charge < -0.3 is 5.11 Å². The molecule has 13 heavy (non-hydrogen) atoms. The van der Waals surface area contributed by atoms with E-state index in [2.05, 4.69) is 15.3 Å². The average Bonchev–Trinajstić information content (AvgIpc) is 2.56. The molecule has 0 aliphatic rings. The minimum atomic E-state index is 0. The van der Waals surface area contributed by atoms with Gasteiger partial charge in [0.2, 0.25) is 0 Å². The van der Waals surface area contributed by atoms with E-state index in [1.807, 2.05) is 0 Å². The van der Waals surface area contributed by atoms with Crippen LogP contribution in [0.3, 0.4) is 0 Å². The summed E-state index contributed by atoms with van der Waals surface area (Å²) in [5, 5.41) is 16.5. The van der Waals surface area contributed by atoms with Gasteiger partial charge in [-0.2, -0.15) is 0 Å². The van der Waals surface area contributed by atoms with Crippen LogP contribution < -0.4 is 0 Å². The van der Waals surface area contributed by atoms with E-state index in [9.17, 15) is 0 Å². The highest BCUT2D eigenvalue weighted by molar-refractivity contribution is 5.85. The largest absolute Gasteiger partial charge is 0.506 e. The highest BCUT2D eigenvalue weighted by Crippen LogP contribution is 2.10. The third-order valence-electron chi connectivity index (χ3n) is 1.40. The highest BCUT2D eigenvalue weighted by Gasteiger charge is 1.97. The number of aromatic hydroxyl groups is 1. The standard InChI is InChI=1S/C7H6N4O.ClH/c12-7-3-6(4-8-5-7)11-2-1-9-10-11;/h1-5,12H;1H. The van der Waals surface area contributed by atoms with Crippen molar-refractivity contribution in [1.82, 2.24) is 20.0 Å². The molecule has 0 radical (unpaired) electrons. The van der Waals surface area contributed by atoms with Crippen LogP contribution in [0.5, 0.6) is 5.75 Å². The minimum absolute atomic E-state index is 0. The lowest BCUT2D eigenvalue weighted by Crippen LogP contribution is -1.94. The molecule has 0 saturated carbocycles. The van der Waals surface area contributed by atoms with Gasteiger partial charge in [-0.1, -0.05) is 5.21 Å². The summed E-state index contributed by atoms with van der Waals surface area (Å²) in [6.45, 7) is 0. The first kappa shape index (κ1) is 9.47. The van der Waals surface area contributed by atoms with Gasteiger partial charge in [0.05, 0.1) is 30.5 Å². The number of pyridine rings is 1. The van der Waals surface area contributed by atoms with Crippen LogP contribution in [0.1, 0.15) is 0 Å². The Morgan fingerprint density at radius 1 is 1.31 bits per heavy atom. The second kappa shape index (κ2) is 3.86. The Balaban J connectivity index is 0.000000845. The number of halogens is 1. The van der Waals surface area contributed by atoms with Crippen molar-refractivity contribution in [2.45, 2.75) is 0 Å². The van der Waals surface area contributed by atoms with E-state index < -0.39 is 0 Å². The van der Waals surface area contributed by atoms with Gasteiger partial charge >= 0.3 is 0 Å². The zero-order valence-electron chi connectivity index (χ0n) is 6.53. The summed E-state index contributed by atoms with van der Waals surface area (Å²) in [6.07, 6.45) is 6.19. The molecular formula is C7H7ClN4O. The van der Waals surface area contributed by atoms with Gasteiger partial charge in [-0.15, -0.1) is 17.5 Å². The Bertz CT molecular complexity index is 376. The summed E-state index contributed by atoms with van der Waals surface area (Å²) in [5.74, 6) is 0.114. The van der Waals surface area contributed by atoms with Gasteiger partial charge in [-0.05, 0) is 0 Å². The maximum absolute atomic E-state index is 9.09. The summed E-state index contributed by atoms with van der Waals surface area (Å²) in [4.78, 5) is 3.80. The van der Waals surface area contributed by atoms with Crippen LogP contribution in [-0.4, -0.2) is 25.1 Å². The lowest BCUT2D eigenvalue weighted by Gasteiger charge is -1.98. The van der Waals surface area contributed by atoms with Gasteiger partial charge in [0.15, 0.2) is 0 Å². The third-order valence-corrected chi connectivity index (χ3v) is 1.40. The van der Waals surface area contributed by atoms with Crippen molar-refractivity contribution < 1.29 is 5.11 Å². The van der Waals surface area contributed by atoms with Crippen LogP contribution in [0.2, 0.25) is 0 Å². The summed E-state index contributed by atoms with van der Waals surface area (Å²) >= 11 is 0. The summed E-state index contributed by atoms with van der Waals surface area (Å²) in [7, 11) is 0. The summed E-state index contributed by atoms with van der Waals surface area (Å²) < 4.78 is 1.52. The number of rotatable bonds is 1. The SMILES string of the molecule is Cl.Oc1cncc(-n2ccnn2)c1. The molecule has 68 valence electrons. The molecule has 0 atom stereocenters. The molecule has 2 heterocycles. The first-order chi connectivity index (χ1) is 5.86. The van der Waals surface area contributed by atoms with E-state index in [4.69, 9.17) is 5.11 Å². The van der Waals surface area contributed by atoms with Gasteiger partial charge in [0.1, 0.15) is 5.75 Å². The Hall–Kier alpha value is -1.62. The monoisotopic (exact) mass is 198 g/mol. The zero-order chi connectivity index (χ0) is 8.39. The molecule has 0 aliphatic carbocycles. The molecule has 0 amide bonds. The Kier molecular flexibility index (Phi) is 2.81. The van der Waals surface area contributed by atoms with Crippen molar-refractivity contribution in [3.63, 3.8) is 0 Å². The van der Waals surface area contributed by atoms with Gasteiger partial charge in [-0.25, -0.2) is 4.68 Å². The molecule has 0 spiro atoms. The van der Waals surface area contributed by atoms with Crippen molar-refractivity contribution >= 4 is 12.4 Å². The molecule has 0 bridgehead atoms. The normalized spacial score (nSPS) is 9.23. The number of nitrogens with zero attached hydrogens (tertiary/aromatic N) is 4. The predicted molar refractivity (Wildman–Crippen MR) is 48.1 cm³/mol. The molecule has 2 rings (SSSR count). The second-order valence-corrected chi connectivity index (χ2v) is 2.25. The van der Waals surface area contributed by atoms with Crippen molar-refractivity contribution in [3.05, 3.63) is 30.9 Å². The fourth-order valence-corrected chi connectivity index (χ4v) is 0.887. The van der Waals surface area contributed by atoms with Crippen LogP contribution in [0.15, 0.2) is 30.9 Å².